The Morgan fingerprint density at radius 3 is 2.81 bits per heavy atom. The van der Waals surface area contributed by atoms with Crippen LogP contribution in [0.1, 0.15) is 31.5 Å². The number of nitrogen functional groups attached to an aromatic ring is 1. The van der Waals surface area contributed by atoms with Crippen LogP contribution in [0.3, 0.4) is 0 Å². The molecule has 86 valence electrons. The zero-order valence-corrected chi connectivity index (χ0v) is 9.96. The average molecular weight is 236 g/mol. The molecule has 5 heteroatoms. The Bertz CT molecular complexity index is 456. The molecule has 2 saturated carbocycles. The molecular weight excluding hydrogens is 220 g/mol. The highest BCUT2D eigenvalue weighted by atomic mass is 32.1. The first-order valence-electron chi connectivity index (χ1n) is 5.93. The Morgan fingerprint density at radius 2 is 2.19 bits per heavy atom. The largest absolute Gasteiger partial charge is 0.369 e. The van der Waals surface area contributed by atoms with Gasteiger partial charge < -0.3 is 10.7 Å². The van der Waals surface area contributed by atoms with E-state index in [9.17, 15) is 0 Å². The SMILES string of the molecule is Nc1nc(=S)nc(CC2CC3CCC2C3)[nH]1. The molecule has 2 aliphatic carbocycles. The molecule has 0 saturated heterocycles. The lowest BCUT2D eigenvalue weighted by Crippen LogP contribution is -2.15. The van der Waals surface area contributed by atoms with E-state index in [4.69, 9.17) is 18.0 Å². The quantitative estimate of drug-likeness (QED) is 0.772. The van der Waals surface area contributed by atoms with Gasteiger partial charge in [0.15, 0.2) is 0 Å². The summed E-state index contributed by atoms with van der Waals surface area (Å²) in [6, 6.07) is 0. The minimum absolute atomic E-state index is 0.356. The number of nitrogens with one attached hydrogen (secondary N) is 1. The predicted molar refractivity (Wildman–Crippen MR) is 64.3 cm³/mol. The van der Waals surface area contributed by atoms with Crippen molar-refractivity contribution < 1.29 is 0 Å². The summed E-state index contributed by atoms with van der Waals surface area (Å²) in [7, 11) is 0. The van der Waals surface area contributed by atoms with Gasteiger partial charge in [0.2, 0.25) is 10.7 Å². The van der Waals surface area contributed by atoms with Crippen molar-refractivity contribution in [3.8, 4) is 0 Å². The van der Waals surface area contributed by atoms with Crippen LogP contribution in [0, 0.1) is 22.5 Å². The van der Waals surface area contributed by atoms with E-state index in [-0.39, 0.29) is 0 Å². The molecule has 1 heterocycles. The Morgan fingerprint density at radius 1 is 1.31 bits per heavy atom. The second-order valence-corrected chi connectivity index (χ2v) is 5.47. The number of fused-ring (bicyclic) bond motifs is 2. The fourth-order valence-electron chi connectivity index (χ4n) is 3.42. The average Bonchev–Trinajstić information content (AvgIpc) is 2.77. The van der Waals surface area contributed by atoms with E-state index in [1.165, 1.54) is 25.7 Å². The summed E-state index contributed by atoms with van der Waals surface area (Å²) in [5.74, 6) is 3.95. The number of aromatic nitrogens is 3. The highest BCUT2D eigenvalue weighted by molar-refractivity contribution is 7.71. The highest BCUT2D eigenvalue weighted by Crippen LogP contribution is 2.49. The number of H-pyrrole nitrogens is 1. The standard InChI is InChI=1S/C11H16N4S/c12-10-13-9(14-11(16)15-10)5-8-4-6-1-2-7(8)3-6/h6-8H,1-5H2,(H3,12,13,14,15,16). The minimum atomic E-state index is 0.356. The molecule has 3 unspecified atom stereocenters. The van der Waals surface area contributed by atoms with Gasteiger partial charge in [0.05, 0.1) is 0 Å². The van der Waals surface area contributed by atoms with Crippen molar-refractivity contribution in [2.45, 2.75) is 32.1 Å². The lowest BCUT2D eigenvalue weighted by Gasteiger charge is -2.20. The normalized spacial score (nSPS) is 32.1. The van der Waals surface area contributed by atoms with Gasteiger partial charge >= 0.3 is 0 Å². The van der Waals surface area contributed by atoms with Crippen LogP contribution in [0.2, 0.25) is 0 Å². The number of hydrogen-bond donors (Lipinski definition) is 2. The smallest absolute Gasteiger partial charge is 0.224 e. The summed E-state index contributed by atoms with van der Waals surface area (Å²) < 4.78 is 0.356. The third-order valence-electron chi connectivity index (χ3n) is 4.06. The lowest BCUT2D eigenvalue weighted by atomic mass is 9.86. The molecule has 1 aromatic heterocycles. The van der Waals surface area contributed by atoms with E-state index < -0.39 is 0 Å². The number of hydrogen-bond acceptors (Lipinski definition) is 4. The van der Waals surface area contributed by atoms with Crippen LogP contribution in [-0.4, -0.2) is 15.0 Å². The Kier molecular flexibility index (Phi) is 2.42. The summed E-state index contributed by atoms with van der Waals surface area (Å²) in [4.78, 5) is 11.2. The van der Waals surface area contributed by atoms with Crippen molar-refractivity contribution >= 4 is 18.2 Å². The third-order valence-corrected chi connectivity index (χ3v) is 4.24. The maximum atomic E-state index is 5.64. The Labute approximate surface area is 99.7 Å². The van der Waals surface area contributed by atoms with Crippen LogP contribution < -0.4 is 5.73 Å². The number of nitrogens with two attached hydrogens (primary N) is 1. The highest BCUT2D eigenvalue weighted by Gasteiger charge is 2.39. The topological polar surface area (TPSA) is 67.6 Å². The van der Waals surface area contributed by atoms with Crippen molar-refractivity contribution in [2.24, 2.45) is 17.8 Å². The molecule has 3 rings (SSSR count). The number of rotatable bonds is 2. The van der Waals surface area contributed by atoms with Crippen LogP contribution in [0.5, 0.6) is 0 Å². The van der Waals surface area contributed by atoms with Gasteiger partial charge in [-0.2, -0.15) is 4.98 Å². The number of aromatic amines is 1. The minimum Gasteiger partial charge on any atom is -0.369 e. The summed E-state index contributed by atoms with van der Waals surface area (Å²) in [5.41, 5.74) is 5.64. The van der Waals surface area contributed by atoms with Crippen molar-refractivity contribution in [3.05, 3.63) is 10.6 Å². The molecule has 0 aliphatic heterocycles. The molecule has 0 radical (unpaired) electrons. The summed E-state index contributed by atoms with van der Waals surface area (Å²) in [5, 5.41) is 0. The zero-order valence-electron chi connectivity index (χ0n) is 9.15. The maximum Gasteiger partial charge on any atom is 0.224 e. The number of anilines is 1. The van der Waals surface area contributed by atoms with Gasteiger partial charge in [0.1, 0.15) is 5.82 Å². The second-order valence-electron chi connectivity index (χ2n) is 5.10. The summed E-state index contributed by atoms with van der Waals surface area (Å²) >= 11 is 4.97. The molecule has 4 nitrogen and oxygen atoms in total. The summed E-state index contributed by atoms with van der Waals surface area (Å²) in [6.45, 7) is 0. The van der Waals surface area contributed by atoms with E-state index in [0.717, 1.165) is 30.0 Å². The number of nitrogens with zero attached hydrogens (tertiary/aromatic N) is 2. The van der Waals surface area contributed by atoms with E-state index in [2.05, 4.69) is 15.0 Å². The van der Waals surface area contributed by atoms with Crippen molar-refractivity contribution in [1.29, 1.82) is 0 Å². The van der Waals surface area contributed by atoms with Crippen molar-refractivity contribution in [1.82, 2.24) is 15.0 Å². The van der Waals surface area contributed by atoms with Gasteiger partial charge in [-0.15, -0.1) is 0 Å². The van der Waals surface area contributed by atoms with E-state index in [0.29, 0.717) is 10.7 Å². The molecule has 2 fully saturated rings. The van der Waals surface area contributed by atoms with Crippen LogP contribution in [-0.2, 0) is 6.42 Å². The monoisotopic (exact) mass is 236 g/mol. The van der Waals surface area contributed by atoms with Crippen molar-refractivity contribution in [2.75, 3.05) is 5.73 Å². The first kappa shape index (κ1) is 10.2. The lowest BCUT2D eigenvalue weighted by molar-refractivity contribution is 0.326. The third kappa shape index (κ3) is 1.84. The zero-order chi connectivity index (χ0) is 11.1. The van der Waals surface area contributed by atoms with E-state index in [1.807, 2.05) is 0 Å². The fraction of sp³-hybridized carbons (Fsp3) is 0.727. The Hall–Kier alpha value is -0.970. The first-order chi connectivity index (χ1) is 7.70. The van der Waals surface area contributed by atoms with Gasteiger partial charge in [-0.3, -0.25) is 0 Å². The molecule has 2 aliphatic rings. The molecule has 16 heavy (non-hydrogen) atoms. The second kappa shape index (κ2) is 3.80. The molecule has 0 amide bonds. The van der Waals surface area contributed by atoms with E-state index >= 15 is 0 Å². The molecule has 1 aromatic rings. The Balaban J connectivity index is 1.77. The molecule has 3 N–H and O–H groups in total. The van der Waals surface area contributed by atoms with Gasteiger partial charge in [0.25, 0.3) is 0 Å². The molecule has 0 spiro atoms. The van der Waals surface area contributed by atoms with E-state index in [1.54, 1.807) is 0 Å². The van der Waals surface area contributed by atoms with Gasteiger partial charge in [-0.1, -0.05) is 6.42 Å². The van der Waals surface area contributed by atoms with Crippen LogP contribution >= 0.6 is 12.2 Å². The first-order valence-corrected chi connectivity index (χ1v) is 6.34. The molecular formula is C11H16N4S. The maximum absolute atomic E-state index is 5.64. The van der Waals surface area contributed by atoms with Crippen LogP contribution in [0.4, 0.5) is 5.95 Å². The molecule has 0 aromatic carbocycles. The molecule has 2 bridgehead atoms. The summed E-state index contributed by atoms with van der Waals surface area (Å²) in [6.07, 6.45) is 6.60. The van der Waals surface area contributed by atoms with Gasteiger partial charge in [-0.25, -0.2) is 4.98 Å². The predicted octanol–water partition coefficient (Wildman–Crippen LogP) is 2.10. The fourth-order valence-corrected chi connectivity index (χ4v) is 3.63. The van der Waals surface area contributed by atoms with Gasteiger partial charge in [0, 0.05) is 6.42 Å². The molecule has 3 atom stereocenters. The van der Waals surface area contributed by atoms with Crippen LogP contribution in [0.25, 0.3) is 0 Å². The van der Waals surface area contributed by atoms with Crippen LogP contribution in [0.15, 0.2) is 0 Å². The van der Waals surface area contributed by atoms with Gasteiger partial charge in [-0.05, 0) is 49.2 Å². The van der Waals surface area contributed by atoms with Crippen molar-refractivity contribution in [3.63, 3.8) is 0 Å².